The van der Waals surface area contributed by atoms with Crippen molar-refractivity contribution in [1.29, 1.82) is 0 Å². The van der Waals surface area contributed by atoms with E-state index in [1.165, 1.54) is 31.3 Å². The molecule has 0 saturated carbocycles. The maximum absolute atomic E-state index is 13.5. The van der Waals surface area contributed by atoms with Crippen LogP contribution in [-0.4, -0.2) is 72.1 Å². The molecular formula is C59H52O13S2. The Balaban J connectivity index is 0.000000217. The number of Topliss-reactive ketones (excluding diaryl/α,β-unsaturated/α-hetero) is 2. The van der Waals surface area contributed by atoms with Gasteiger partial charge >= 0.3 is 23.9 Å². The standard InChI is InChI=1S/C30H26O7S.C29H26O6S/c1-19(2)29(34)36-16-8-13-26(31)37-18-30(35,28(33)20-9-4-3-5-10-20)21-14-15-25-23(17-21)27(32)22-11-6-7-12-24(22)38-25;1-19(2)28(32)34-16-8-13-26(30)35-18-29(33,27(31)20-9-4-3-5-10-20)21-14-15-25-23(17-21)22-11-6-7-12-24(22)36-25/h3-7,9-12,14-15,17,35H,1,8,13,16,18H2,2H3;3-7,9-12,14-15,17,33H,1,8,13,16,18H2,2H3. The first kappa shape index (κ1) is 53.8. The molecule has 2 heterocycles. The molecule has 0 aliphatic carbocycles. The van der Waals surface area contributed by atoms with Crippen LogP contribution in [0.2, 0.25) is 0 Å². The van der Waals surface area contributed by atoms with Gasteiger partial charge in [-0.05, 0) is 80.3 Å². The van der Waals surface area contributed by atoms with E-state index in [0.717, 1.165) is 24.9 Å². The number of thiophene rings is 1. The van der Waals surface area contributed by atoms with Gasteiger partial charge in [0, 0.05) is 75.5 Å². The third-order valence-electron chi connectivity index (χ3n) is 11.8. The molecule has 378 valence electrons. The Bertz CT molecular complexity index is 3490. The molecule has 0 fully saturated rings. The molecular weight excluding hydrogens is 981 g/mol. The quantitative estimate of drug-likeness (QED) is 0.0183. The van der Waals surface area contributed by atoms with E-state index in [4.69, 9.17) is 18.9 Å². The molecule has 2 atom stereocenters. The number of hydrogen-bond acceptors (Lipinski definition) is 15. The molecule has 8 rings (SSSR count). The first-order chi connectivity index (χ1) is 35.5. The lowest BCUT2D eigenvalue weighted by molar-refractivity contribution is -0.151. The molecule has 0 aliphatic heterocycles. The molecule has 6 aromatic carbocycles. The zero-order valence-electron chi connectivity index (χ0n) is 40.6. The highest BCUT2D eigenvalue weighted by molar-refractivity contribution is 7.26. The van der Waals surface area contributed by atoms with Gasteiger partial charge in [0.25, 0.3) is 0 Å². The van der Waals surface area contributed by atoms with Crippen molar-refractivity contribution in [2.45, 2.75) is 50.7 Å². The average molecular weight is 1030 g/mol. The van der Waals surface area contributed by atoms with Gasteiger partial charge in [0.1, 0.15) is 13.2 Å². The molecule has 0 aliphatic rings. The van der Waals surface area contributed by atoms with Crippen LogP contribution in [0.5, 0.6) is 0 Å². The molecule has 8 aromatic rings. The van der Waals surface area contributed by atoms with Crippen LogP contribution >= 0.6 is 22.7 Å². The van der Waals surface area contributed by atoms with Crippen LogP contribution in [-0.2, 0) is 49.3 Å². The van der Waals surface area contributed by atoms with E-state index in [2.05, 4.69) is 13.2 Å². The number of esters is 4. The van der Waals surface area contributed by atoms with E-state index in [9.17, 15) is 43.8 Å². The highest BCUT2D eigenvalue weighted by atomic mass is 32.1. The van der Waals surface area contributed by atoms with E-state index >= 15 is 0 Å². The normalized spacial score (nSPS) is 12.6. The Hall–Kier alpha value is -7.95. The van der Waals surface area contributed by atoms with E-state index < -0.39 is 59.9 Å². The molecule has 2 N–H and O–H groups in total. The SMILES string of the molecule is C=C(C)C(=O)OCCCC(=O)OCC(O)(C(=O)c1ccccc1)c1ccc2sc3ccccc3c(=O)c2c1.C=C(C)C(=O)OCCCC(=O)OCC(O)(C(=O)c1ccccc1)c1ccc2sc3ccccc3c2c1. The van der Waals surface area contributed by atoms with Crippen molar-refractivity contribution < 1.29 is 57.9 Å². The Kier molecular flexibility index (Phi) is 17.6. The molecule has 13 nitrogen and oxygen atoms in total. The molecule has 74 heavy (non-hydrogen) atoms. The predicted octanol–water partition coefficient (Wildman–Crippen LogP) is 10.5. The van der Waals surface area contributed by atoms with Crippen LogP contribution in [0.1, 0.15) is 71.4 Å². The van der Waals surface area contributed by atoms with Gasteiger partial charge in [0.15, 0.2) is 16.6 Å². The van der Waals surface area contributed by atoms with Crippen molar-refractivity contribution in [2.75, 3.05) is 26.4 Å². The second kappa shape index (κ2) is 24.2. The molecule has 2 aromatic heterocycles. The number of carbonyl (C=O) groups excluding carboxylic acids is 6. The molecule has 15 heteroatoms. The fourth-order valence-corrected chi connectivity index (χ4v) is 9.92. The van der Waals surface area contributed by atoms with Crippen molar-refractivity contribution in [3.63, 3.8) is 0 Å². The molecule has 0 saturated heterocycles. The van der Waals surface area contributed by atoms with Crippen LogP contribution in [0, 0.1) is 0 Å². The van der Waals surface area contributed by atoms with Gasteiger partial charge in [-0.25, -0.2) is 9.59 Å². The number of carbonyl (C=O) groups is 6. The van der Waals surface area contributed by atoms with E-state index in [0.29, 0.717) is 26.6 Å². The Morgan fingerprint density at radius 1 is 0.473 bits per heavy atom. The number of rotatable bonds is 20. The lowest BCUT2D eigenvalue weighted by Crippen LogP contribution is -2.41. The topological polar surface area (TPSA) is 197 Å². The first-order valence-electron chi connectivity index (χ1n) is 23.5. The van der Waals surface area contributed by atoms with Gasteiger partial charge in [-0.2, -0.15) is 0 Å². The summed E-state index contributed by atoms with van der Waals surface area (Å²) in [6, 6.07) is 41.9. The van der Waals surface area contributed by atoms with Crippen LogP contribution in [0.3, 0.4) is 0 Å². The Morgan fingerprint density at radius 3 is 1.31 bits per heavy atom. The predicted molar refractivity (Wildman–Crippen MR) is 286 cm³/mol. The summed E-state index contributed by atoms with van der Waals surface area (Å²) < 4.78 is 24.3. The van der Waals surface area contributed by atoms with Gasteiger partial charge < -0.3 is 29.2 Å². The fourth-order valence-electron chi connectivity index (χ4n) is 7.78. The first-order valence-corrected chi connectivity index (χ1v) is 25.1. The van der Waals surface area contributed by atoms with E-state index in [1.54, 1.807) is 108 Å². The van der Waals surface area contributed by atoms with Gasteiger partial charge in [-0.15, -0.1) is 22.7 Å². The highest BCUT2D eigenvalue weighted by Crippen LogP contribution is 2.38. The highest BCUT2D eigenvalue weighted by Gasteiger charge is 2.42. The number of fused-ring (bicyclic) bond motifs is 5. The summed E-state index contributed by atoms with van der Waals surface area (Å²) in [5, 5.41) is 26.3. The summed E-state index contributed by atoms with van der Waals surface area (Å²) >= 11 is 3.06. The maximum Gasteiger partial charge on any atom is 0.333 e. The monoisotopic (exact) mass is 1030 g/mol. The maximum atomic E-state index is 13.5. The van der Waals surface area contributed by atoms with Crippen LogP contribution < -0.4 is 5.43 Å². The number of aliphatic hydroxyl groups is 2. The van der Waals surface area contributed by atoms with Crippen LogP contribution in [0.4, 0.5) is 0 Å². The molecule has 0 spiro atoms. The van der Waals surface area contributed by atoms with Crippen LogP contribution in [0.15, 0.2) is 175 Å². The van der Waals surface area contributed by atoms with E-state index in [1.807, 2.05) is 42.5 Å². The van der Waals surface area contributed by atoms with Crippen molar-refractivity contribution in [2.24, 2.45) is 0 Å². The third kappa shape index (κ3) is 12.6. The summed E-state index contributed by atoms with van der Waals surface area (Å²) in [4.78, 5) is 88.0. The van der Waals surface area contributed by atoms with Crippen molar-refractivity contribution in [3.8, 4) is 0 Å². The molecule has 0 amide bonds. The van der Waals surface area contributed by atoms with Crippen molar-refractivity contribution >= 4 is 98.5 Å². The minimum atomic E-state index is -2.24. The third-order valence-corrected chi connectivity index (χ3v) is 14.1. The molecule has 0 radical (unpaired) electrons. The summed E-state index contributed by atoms with van der Waals surface area (Å²) in [5.41, 5.74) is -3.00. The zero-order chi connectivity index (χ0) is 53.0. The largest absolute Gasteiger partial charge is 0.462 e. The smallest absolute Gasteiger partial charge is 0.333 e. The van der Waals surface area contributed by atoms with Crippen molar-refractivity contribution in [3.05, 3.63) is 202 Å². The zero-order valence-corrected chi connectivity index (χ0v) is 42.3. The van der Waals surface area contributed by atoms with Gasteiger partial charge in [-0.1, -0.05) is 116 Å². The molecule has 2 unspecified atom stereocenters. The van der Waals surface area contributed by atoms with Crippen molar-refractivity contribution in [1.82, 2.24) is 0 Å². The number of ketones is 2. The van der Waals surface area contributed by atoms with Crippen LogP contribution in [0.25, 0.3) is 40.3 Å². The number of hydrogen-bond donors (Lipinski definition) is 2. The Labute approximate surface area is 433 Å². The molecule has 0 bridgehead atoms. The minimum absolute atomic E-state index is 0.0000810. The van der Waals surface area contributed by atoms with Gasteiger partial charge in [0.2, 0.25) is 11.6 Å². The Morgan fingerprint density at radius 2 is 0.851 bits per heavy atom. The van der Waals surface area contributed by atoms with Gasteiger partial charge in [0.05, 0.1) is 13.2 Å². The van der Waals surface area contributed by atoms with Gasteiger partial charge in [-0.3, -0.25) is 24.0 Å². The summed E-state index contributed by atoms with van der Waals surface area (Å²) in [7, 11) is 0. The second-order valence-corrected chi connectivity index (χ2v) is 19.6. The summed E-state index contributed by atoms with van der Waals surface area (Å²) in [5.74, 6) is -3.59. The summed E-state index contributed by atoms with van der Waals surface area (Å²) in [6.45, 7) is 8.90. The number of benzene rings is 6. The van der Waals surface area contributed by atoms with E-state index in [-0.39, 0.29) is 66.6 Å². The summed E-state index contributed by atoms with van der Waals surface area (Å²) in [6.07, 6.45) is 0.325. The fraction of sp³-hybridized carbons (Fsp3) is 0.203. The number of ether oxygens (including phenoxy) is 4. The average Bonchev–Trinajstić information content (AvgIpc) is 3.80. The lowest BCUT2D eigenvalue weighted by atomic mass is 9.86. The lowest BCUT2D eigenvalue weighted by Gasteiger charge is -2.27. The second-order valence-electron chi connectivity index (χ2n) is 17.4. The minimum Gasteiger partial charge on any atom is -0.462 e.